The third kappa shape index (κ3) is 6.18. The fourth-order valence-electron chi connectivity index (χ4n) is 5.18. The molecule has 0 saturated heterocycles. The smallest absolute Gasteiger partial charge is 0.271 e. The van der Waals surface area contributed by atoms with Crippen LogP contribution >= 0.6 is 11.3 Å². The van der Waals surface area contributed by atoms with E-state index < -0.39 is 17.7 Å². The zero-order chi connectivity index (χ0) is 31.5. The summed E-state index contributed by atoms with van der Waals surface area (Å²) < 4.78 is 40.5. The molecular weight excluding hydrogens is 596 g/mol. The van der Waals surface area contributed by atoms with Gasteiger partial charge in [0, 0.05) is 17.3 Å². The third-order valence-electron chi connectivity index (χ3n) is 7.29. The quantitative estimate of drug-likeness (QED) is 0.239. The zero-order valence-electron chi connectivity index (χ0n) is 24.3. The molecule has 0 unspecified atom stereocenters. The Bertz CT molecular complexity index is 2110. The van der Waals surface area contributed by atoms with E-state index >= 15 is 0 Å². The molecule has 1 aromatic heterocycles. The number of halogens is 2. The number of anilines is 1. The number of thiazole rings is 1. The Balaban J connectivity index is 1.39. The maximum Gasteiger partial charge on any atom is 0.271 e. The van der Waals surface area contributed by atoms with Gasteiger partial charge in [0.15, 0.2) is 16.4 Å². The molecule has 1 amide bonds. The Hall–Kier alpha value is -5.35. The number of methoxy groups -OCH3 is 1. The van der Waals surface area contributed by atoms with Gasteiger partial charge >= 0.3 is 0 Å². The molecule has 0 saturated carbocycles. The number of rotatable bonds is 8. The molecule has 1 atom stereocenters. The molecule has 1 aliphatic rings. The van der Waals surface area contributed by atoms with Crippen LogP contribution in [0.4, 0.5) is 14.5 Å². The lowest BCUT2D eigenvalue weighted by Crippen LogP contribution is -2.40. The number of benzene rings is 4. The topological polar surface area (TPSA) is 81.9 Å². The van der Waals surface area contributed by atoms with Gasteiger partial charge in [-0.05, 0) is 60.5 Å². The number of carbonyl (C=O) groups is 1. The van der Waals surface area contributed by atoms with Crippen LogP contribution in [0.2, 0.25) is 0 Å². The molecule has 5 aromatic rings. The first-order valence-electron chi connectivity index (χ1n) is 14.0. The standard InChI is InChI=1S/C35H27F2N3O4S/c1-21-31(33(41)39-26-11-7-4-8-12-26)32(23-9-5-3-6-10-23)40-34(42)30(45-35(40)38-21)18-22-13-15-28(43-2)24(17-22)20-44-29-16-14-25(36)19-27(29)37/h3-19,32H,20H2,1-2H3,(H,39,41)/b30-18+/t32-/m0/s1. The van der Waals surface area contributed by atoms with E-state index in [1.807, 2.05) is 48.5 Å². The number of nitrogens with one attached hydrogen (secondary N) is 1. The zero-order valence-corrected chi connectivity index (χ0v) is 25.1. The first-order valence-corrected chi connectivity index (χ1v) is 14.8. The van der Waals surface area contributed by atoms with Gasteiger partial charge in [0.05, 0.1) is 29.0 Å². The Labute approximate surface area is 261 Å². The summed E-state index contributed by atoms with van der Waals surface area (Å²) in [4.78, 5) is 32.8. The van der Waals surface area contributed by atoms with Gasteiger partial charge in [0.1, 0.15) is 18.2 Å². The van der Waals surface area contributed by atoms with Crippen LogP contribution in [0.3, 0.4) is 0 Å². The summed E-state index contributed by atoms with van der Waals surface area (Å²) in [6, 6.07) is 26.2. The summed E-state index contributed by atoms with van der Waals surface area (Å²) in [5.74, 6) is -1.45. The molecule has 0 radical (unpaired) electrons. The van der Waals surface area contributed by atoms with Crippen LogP contribution in [0.25, 0.3) is 6.08 Å². The van der Waals surface area contributed by atoms with Gasteiger partial charge in [-0.25, -0.2) is 13.8 Å². The molecular formula is C35H27F2N3O4S. The second-order valence-corrected chi connectivity index (χ2v) is 11.3. The fourth-order valence-corrected chi connectivity index (χ4v) is 6.23. The summed E-state index contributed by atoms with van der Waals surface area (Å²) in [5.41, 5.74) is 3.27. The number of ether oxygens (including phenoxy) is 2. The van der Waals surface area contributed by atoms with E-state index in [1.165, 1.54) is 24.5 Å². The number of carbonyl (C=O) groups excluding carboxylic acids is 1. The van der Waals surface area contributed by atoms with Crippen molar-refractivity contribution in [3.63, 3.8) is 0 Å². The van der Waals surface area contributed by atoms with Crippen LogP contribution < -0.4 is 29.7 Å². The number of fused-ring (bicyclic) bond motifs is 1. The first kappa shape index (κ1) is 29.7. The van der Waals surface area contributed by atoms with E-state index in [1.54, 1.807) is 47.9 Å². The van der Waals surface area contributed by atoms with Crippen molar-refractivity contribution in [3.05, 3.63) is 156 Å². The van der Waals surface area contributed by atoms with Crippen molar-refractivity contribution < 1.29 is 23.0 Å². The lowest BCUT2D eigenvalue weighted by molar-refractivity contribution is -0.113. The van der Waals surface area contributed by atoms with Crippen molar-refractivity contribution in [2.75, 3.05) is 12.4 Å². The van der Waals surface area contributed by atoms with Crippen molar-refractivity contribution in [1.29, 1.82) is 0 Å². The maximum atomic E-state index is 14.2. The van der Waals surface area contributed by atoms with Crippen LogP contribution in [0.15, 0.2) is 118 Å². The molecule has 2 heterocycles. The van der Waals surface area contributed by atoms with Gasteiger partial charge in [0.2, 0.25) is 0 Å². The van der Waals surface area contributed by atoms with Gasteiger partial charge in [-0.2, -0.15) is 0 Å². The van der Waals surface area contributed by atoms with E-state index in [2.05, 4.69) is 10.3 Å². The first-order chi connectivity index (χ1) is 21.8. The molecule has 0 spiro atoms. The van der Waals surface area contributed by atoms with Crippen molar-refractivity contribution in [1.82, 2.24) is 4.57 Å². The predicted molar refractivity (Wildman–Crippen MR) is 169 cm³/mol. The highest BCUT2D eigenvalue weighted by atomic mass is 32.1. The van der Waals surface area contributed by atoms with Gasteiger partial charge in [-0.15, -0.1) is 0 Å². The van der Waals surface area contributed by atoms with Gasteiger partial charge in [-0.3, -0.25) is 14.2 Å². The normalized spacial score (nSPS) is 14.5. The number of hydrogen-bond donors (Lipinski definition) is 1. The monoisotopic (exact) mass is 623 g/mol. The number of nitrogens with zero attached hydrogens (tertiary/aromatic N) is 2. The minimum Gasteiger partial charge on any atom is -0.496 e. The Kier molecular flexibility index (Phi) is 8.39. The van der Waals surface area contributed by atoms with Crippen molar-refractivity contribution in [3.8, 4) is 11.5 Å². The summed E-state index contributed by atoms with van der Waals surface area (Å²) in [5, 5.41) is 2.94. The molecule has 7 nitrogen and oxygen atoms in total. The number of allylic oxidation sites excluding steroid dienone is 1. The predicted octanol–water partition coefficient (Wildman–Crippen LogP) is 5.74. The number of para-hydroxylation sites is 1. The lowest BCUT2D eigenvalue weighted by Gasteiger charge is -2.25. The van der Waals surface area contributed by atoms with Gasteiger partial charge in [0.25, 0.3) is 11.5 Å². The largest absolute Gasteiger partial charge is 0.496 e. The average molecular weight is 624 g/mol. The second-order valence-electron chi connectivity index (χ2n) is 10.2. The summed E-state index contributed by atoms with van der Waals surface area (Å²) in [7, 11) is 1.51. The number of amides is 1. The summed E-state index contributed by atoms with van der Waals surface area (Å²) in [6.45, 7) is 1.72. The molecule has 10 heteroatoms. The van der Waals surface area contributed by atoms with Crippen LogP contribution in [-0.2, 0) is 11.4 Å². The molecule has 6 rings (SSSR count). The Morgan fingerprint density at radius 3 is 2.40 bits per heavy atom. The van der Waals surface area contributed by atoms with E-state index in [0.29, 0.717) is 43.2 Å². The maximum absolute atomic E-state index is 14.2. The van der Waals surface area contributed by atoms with Crippen molar-refractivity contribution >= 4 is 29.0 Å². The summed E-state index contributed by atoms with van der Waals surface area (Å²) in [6.07, 6.45) is 1.73. The average Bonchev–Trinajstić information content (AvgIpc) is 3.34. The minimum atomic E-state index is -0.814. The van der Waals surface area contributed by atoms with E-state index in [4.69, 9.17) is 9.47 Å². The molecule has 1 N–H and O–H groups in total. The minimum absolute atomic E-state index is 0.0538. The molecule has 45 heavy (non-hydrogen) atoms. The molecule has 0 fully saturated rings. The van der Waals surface area contributed by atoms with Crippen LogP contribution in [-0.4, -0.2) is 17.6 Å². The fraction of sp³-hybridized carbons (Fsp3) is 0.114. The van der Waals surface area contributed by atoms with Crippen molar-refractivity contribution in [2.24, 2.45) is 4.99 Å². The number of hydrogen-bond acceptors (Lipinski definition) is 6. The van der Waals surface area contributed by atoms with Crippen LogP contribution in [0, 0.1) is 11.6 Å². The molecule has 0 aliphatic carbocycles. The SMILES string of the molecule is COc1ccc(/C=c2/sc3n(c2=O)[C@@H](c2ccccc2)C(C(=O)Nc2ccccc2)=C(C)N=3)cc1COc1ccc(F)cc1F. The Morgan fingerprint density at radius 1 is 0.978 bits per heavy atom. The molecule has 4 aromatic carbocycles. The highest BCUT2D eigenvalue weighted by Gasteiger charge is 2.32. The lowest BCUT2D eigenvalue weighted by atomic mass is 9.95. The summed E-state index contributed by atoms with van der Waals surface area (Å²) >= 11 is 1.22. The van der Waals surface area contributed by atoms with Gasteiger partial charge in [-0.1, -0.05) is 65.9 Å². The van der Waals surface area contributed by atoms with Crippen LogP contribution in [0.1, 0.15) is 29.7 Å². The number of aromatic nitrogens is 1. The second kappa shape index (κ2) is 12.7. The third-order valence-corrected chi connectivity index (χ3v) is 8.28. The van der Waals surface area contributed by atoms with Gasteiger partial charge < -0.3 is 14.8 Å². The van der Waals surface area contributed by atoms with Crippen LogP contribution in [0.5, 0.6) is 11.5 Å². The van der Waals surface area contributed by atoms with E-state index in [-0.39, 0.29) is 23.8 Å². The highest BCUT2D eigenvalue weighted by Crippen LogP contribution is 2.31. The van der Waals surface area contributed by atoms with E-state index in [0.717, 1.165) is 17.7 Å². The van der Waals surface area contributed by atoms with E-state index in [9.17, 15) is 18.4 Å². The Morgan fingerprint density at radius 2 is 1.69 bits per heavy atom. The molecule has 226 valence electrons. The molecule has 0 bridgehead atoms. The molecule has 1 aliphatic heterocycles. The van der Waals surface area contributed by atoms with Crippen molar-refractivity contribution in [2.45, 2.75) is 19.6 Å². The highest BCUT2D eigenvalue weighted by molar-refractivity contribution is 7.07.